The number of Topliss-reactive ketones (excluding diaryl/α,β-unsaturated/α-hetero) is 1. The van der Waals surface area contributed by atoms with Crippen molar-refractivity contribution in [2.45, 2.75) is 13.0 Å². The van der Waals surface area contributed by atoms with E-state index >= 15 is 0 Å². The minimum absolute atomic E-state index is 0.0179. The van der Waals surface area contributed by atoms with Crippen molar-refractivity contribution in [2.75, 3.05) is 0 Å². The minimum atomic E-state index is -0.0179. The van der Waals surface area contributed by atoms with Gasteiger partial charge >= 0.3 is 0 Å². The number of aromatic hydroxyl groups is 1. The zero-order valence-corrected chi connectivity index (χ0v) is 13.8. The molecule has 0 fully saturated rings. The van der Waals surface area contributed by atoms with Gasteiger partial charge in [0.1, 0.15) is 5.75 Å². The molecule has 0 aromatic heterocycles. The Balaban J connectivity index is 1.89. The molecule has 0 aliphatic rings. The zero-order chi connectivity index (χ0) is 17.5. The van der Waals surface area contributed by atoms with Gasteiger partial charge in [0.2, 0.25) is 0 Å². The van der Waals surface area contributed by atoms with E-state index in [0.29, 0.717) is 23.4 Å². The normalized spacial score (nSPS) is 11.3. The summed E-state index contributed by atoms with van der Waals surface area (Å²) in [5.74, 6) is 0.117. The molecule has 124 valence electrons. The maximum atomic E-state index is 12.6. The molecular weight excluding hydrogens is 310 g/mol. The zero-order valence-electron chi connectivity index (χ0n) is 13.8. The highest BCUT2D eigenvalue weighted by molar-refractivity contribution is 6.16. The second-order valence-electron chi connectivity index (χ2n) is 5.73. The molecule has 0 bridgehead atoms. The Morgan fingerprint density at radius 1 is 0.800 bits per heavy atom. The summed E-state index contributed by atoms with van der Waals surface area (Å²) >= 11 is 0. The van der Waals surface area contributed by atoms with Crippen molar-refractivity contribution in [1.82, 2.24) is 0 Å². The molecule has 3 nitrogen and oxygen atoms in total. The van der Waals surface area contributed by atoms with E-state index in [1.165, 1.54) is 0 Å². The van der Waals surface area contributed by atoms with Crippen molar-refractivity contribution in [3.05, 3.63) is 102 Å². The molecule has 0 saturated carbocycles. The van der Waals surface area contributed by atoms with Crippen molar-refractivity contribution < 1.29 is 9.90 Å². The Bertz CT molecular complexity index is 871. The number of ketones is 1. The fraction of sp³-hybridized carbons (Fsp3) is 0.0909. The lowest BCUT2D eigenvalue weighted by molar-refractivity contribution is 0.100. The van der Waals surface area contributed by atoms with Crippen LogP contribution in [0.25, 0.3) is 0 Å². The van der Waals surface area contributed by atoms with E-state index < -0.39 is 0 Å². The Kier molecular flexibility index (Phi) is 5.37. The van der Waals surface area contributed by atoms with E-state index in [2.05, 4.69) is 4.99 Å². The van der Waals surface area contributed by atoms with Crippen LogP contribution in [0, 0.1) is 0 Å². The molecule has 0 radical (unpaired) electrons. The van der Waals surface area contributed by atoms with Crippen LogP contribution in [0.1, 0.15) is 27.9 Å². The Morgan fingerprint density at radius 2 is 1.40 bits per heavy atom. The number of aliphatic imine (C=N–C) groups is 1. The van der Waals surface area contributed by atoms with Crippen LogP contribution in [0.2, 0.25) is 0 Å². The molecule has 0 aliphatic carbocycles. The molecule has 0 amide bonds. The lowest BCUT2D eigenvalue weighted by Gasteiger charge is -2.09. The number of phenols is 1. The van der Waals surface area contributed by atoms with E-state index in [0.717, 1.165) is 5.56 Å². The number of phenolic OH excluding ortho intramolecular Hbond substituents is 1. The van der Waals surface area contributed by atoms with Gasteiger partial charge in [-0.1, -0.05) is 72.8 Å². The first kappa shape index (κ1) is 16.7. The second-order valence-corrected chi connectivity index (χ2v) is 5.73. The maximum Gasteiger partial charge on any atom is 0.168 e. The average Bonchev–Trinajstić information content (AvgIpc) is 2.67. The summed E-state index contributed by atoms with van der Waals surface area (Å²) in [4.78, 5) is 17.2. The van der Waals surface area contributed by atoms with Gasteiger partial charge in [-0.2, -0.15) is 0 Å². The number of carbonyl (C=O) groups is 1. The van der Waals surface area contributed by atoms with Crippen LogP contribution in [0.4, 0.5) is 0 Å². The summed E-state index contributed by atoms with van der Waals surface area (Å²) in [6.07, 6.45) is 0.147. The summed E-state index contributed by atoms with van der Waals surface area (Å²) < 4.78 is 0. The van der Waals surface area contributed by atoms with Gasteiger partial charge < -0.3 is 5.11 Å². The van der Waals surface area contributed by atoms with E-state index in [9.17, 15) is 9.90 Å². The van der Waals surface area contributed by atoms with Crippen LogP contribution < -0.4 is 0 Å². The first-order chi connectivity index (χ1) is 12.2. The van der Waals surface area contributed by atoms with Crippen LogP contribution in [-0.2, 0) is 6.54 Å². The molecule has 3 aromatic rings. The molecular formula is C22H19NO2. The van der Waals surface area contributed by atoms with Gasteiger partial charge in [0.05, 0.1) is 18.7 Å². The summed E-state index contributed by atoms with van der Waals surface area (Å²) in [5.41, 5.74) is 2.89. The number of hydrogen-bond acceptors (Lipinski definition) is 3. The molecule has 0 spiro atoms. The quantitative estimate of drug-likeness (QED) is 0.528. The largest absolute Gasteiger partial charge is 0.507 e. The highest BCUT2D eigenvalue weighted by atomic mass is 16.3. The Morgan fingerprint density at radius 3 is 2.08 bits per heavy atom. The van der Waals surface area contributed by atoms with Gasteiger partial charge in [0.25, 0.3) is 0 Å². The predicted octanol–water partition coefficient (Wildman–Crippen LogP) is 4.65. The minimum Gasteiger partial charge on any atom is -0.507 e. The number of benzene rings is 3. The average molecular weight is 329 g/mol. The maximum absolute atomic E-state index is 12.6. The molecule has 3 rings (SSSR count). The van der Waals surface area contributed by atoms with Crippen LogP contribution >= 0.6 is 0 Å². The number of hydrogen-bond donors (Lipinski definition) is 1. The van der Waals surface area contributed by atoms with E-state index in [-0.39, 0.29) is 18.0 Å². The van der Waals surface area contributed by atoms with E-state index in [4.69, 9.17) is 0 Å². The van der Waals surface area contributed by atoms with Crippen LogP contribution in [0.5, 0.6) is 5.75 Å². The van der Waals surface area contributed by atoms with Crippen molar-refractivity contribution in [2.24, 2.45) is 4.99 Å². The third-order valence-corrected chi connectivity index (χ3v) is 3.93. The van der Waals surface area contributed by atoms with Crippen molar-refractivity contribution in [3.8, 4) is 5.75 Å². The number of nitrogens with zero attached hydrogens (tertiary/aromatic N) is 1. The third-order valence-electron chi connectivity index (χ3n) is 3.93. The van der Waals surface area contributed by atoms with Crippen molar-refractivity contribution >= 4 is 11.5 Å². The first-order valence-electron chi connectivity index (χ1n) is 8.18. The van der Waals surface area contributed by atoms with E-state index in [1.807, 2.05) is 54.6 Å². The van der Waals surface area contributed by atoms with Crippen LogP contribution in [0.15, 0.2) is 89.9 Å². The molecule has 0 aliphatic heterocycles. The molecule has 0 atom stereocenters. The fourth-order valence-electron chi connectivity index (χ4n) is 2.60. The number of para-hydroxylation sites is 1. The van der Waals surface area contributed by atoms with Gasteiger partial charge in [0, 0.05) is 11.1 Å². The second kappa shape index (κ2) is 8.06. The van der Waals surface area contributed by atoms with Gasteiger partial charge in [0.15, 0.2) is 5.78 Å². The third kappa shape index (κ3) is 4.42. The highest BCUT2D eigenvalue weighted by Gasteiger charge is 2.14. The lowest BCUT2D eigenvalue weighted by Crippen LogP contribution is -2.10. The summed E-state index contributed by atoms with van der Waals surface area (Å²) in [5, 5.41) is 10.2. The fourth-order valence-corrected chi connectivity index (χ4v) is 2.60. The van der Waals surface area contributed by atoms with Crippen LogP contribution in [0.3, 0.4) is 0 Å². The van der Waals surface area contributed by atoms with Gasteiger partial charge in [-0.25, -0.2) is 0 Å². The number of carbonyl (C=O) groups excluding carboxylic acids is 1. The molecule has 1 N–H and O–H groups in total. The number of rotatable bonds is 6. The standard InChI is InChI=1S/C22H19NO2/c24-21-14-8-7-13-19(21)20(23-16-17-9-3-1-4-10-17)15-22(25)18-11-5-2-6-12-18/h1-14,24H,15-16H2. The monoisotopic (exact) mass is 329 g/mol. The summed E-state index contributed by atoms with van der Waals surface area (Å²) in [7, 11) is 0. The lowest BCUT2D eigenvalue weighted by atomic mass is 10.00. The SMILES string of the molecule is O=C(CC(=NCc1ccccc1)c1ccccc1O)c1ccccc1. The van der Waals surface area contributed by atoms with Crippen LogP contribution in [-0.4, -0.2) is 16.6 Å². The molecule has 25 heavy (non-hydrogen) atoms. The van der Waals surface area contributed by atoms with Crippen molar-refractivity contribution in [3.63, 3.8) is 0 Å². The topological polar surface area (TPSA) is 49.7 Å². The Labute approximate surface area is 147 Å². The Hall–Kier alpha value is -3.20. The predicted molar refractivity (Wildman–Crippen MR) is 100 cm³/mol. The van der Waals surface area contributed by atoms with Gasteiger partial charge in [-0.15, -0.1) is 0 Å². The molecule has 3 aromatic carbocycles. The first-order valence-corrected chi connectivity index (χ1v) is 8.18. The molecule has 3 heteroatoms. The van der Waals surface area contributed by atoms with E-state index in [1.54, 1.807) is 30.3 Å². The van der Waals surface area contributed by atoms with Crippen molar-refractivity contribution in [1.29, 1.82) is 0 Å². The molecule has 0 saturated heterocycles. The van der Waals surface area contributed by atoms with Gasteiger partial charge in [-0.05, 0) is 17.7 Å². The molecule has 0 heterocycles. The van der Waals surface area contributed by atoms with Gasteiger partial charge in [-0.3, -0.25) is 9.79 Å². The summed E-state index contributed by atoms with van der Waals surface area (Å²) in [6, 6.07) is 26.0. The molecule has 0 unspecified atom stereocenters. The highest BCUT2D eigenvalue weighted by Crippen LogP contribution is 2.20. The summed E-state index contributed by atoms with van der Waals surface area (Å²) in [6.45, 7) is 0.465. The smallest absolute Gasteiger partial charge is 0.168 e.